The van der Waals surface area contributed by atoms with Crippen LogP contribution in [0.1, 0.15) is 0 Å². The van der Waals surface area contributed by atoms with Crippen LogP contribution >= 0.6 is 11.6 Å². The maximum Gasteiger partial charge on any atom is 0.343 e. The van der Waals surface area contributed by atoms with Gasteiger partial charge in [-0.3, -0.25) is 10.1 Å². The minimum atomic E-state index is -0.641. The van der Waals surface area contributed by atoms with Crippen LogP contribution in [-0.4, -0.2) is 4.92 Å². The fourth-order valence-electron chi connectivity index (χ4n) is 1.33. The number of nitro benzene ring substituents is 1. The summed E-state index contributed by atoms with van der Waals surface area (Å²) in [5, 5.41) is 11.2. The highest BCUT2D eigenvalue weighted by atomic mass is 35.5. The molecule has 1 aromatic heterocycles. The largest absolute Gasteiger partial charge is 0.431 e. The molecule has 0 radical (unpaired) electrons. The molecule has 0 N–H and O–H groups in total. The molecule has 0 amide bonds. The normalized spacial score (nSPS) is 10.5. The van der Waals surface area contributed by atoms with Gasteiger partial charge in [0.25, 0.3) is 5.69 Å². The van der Waals surface area contributed by atoms with Gasteiger partial charge in [-0.25, -0.2) is 4.79 Å². The van der Waals surface area contributed by atoms with Crippen LogP contribution in [0.4, 0.5) is 5.69 Å². The van der Waals surface area contributed by atoms with E-state index >= 15 is 0 Å². The molecular weight excluding hydrogens is 222 g/mol. The third-order valence-electron chi connectivity index (χ3n) is 1.95. The van der Waals surface area contributed by atoms with E-state index in [-0.39, 0.29) is 21.5 Å². The highest BCUT2D eigenvalue weighted by Crippen LogP contribution is 2.27. The number of nitrogens with zero attached hydrogens (tertiary/aromatic N) is 1. The number of fused-ring (bicyclic) bond motifs is 1. The molecule has 76 valence electrons. The molecule has 0 unspecified atom stereocenters. The number of rotatable bonds is 1. The smallest absolute Gasteiger partial charge is 0.343 e. The van der Waals surface area contributed by atoms with Crippen LogP contribution in [0, 0.1) is 10.1 Å². The van der Waals surface area contributed by atoms with Crippen molar-refractivity contribution >= 4 is 28.1 Å². The van der Waals surface area contributed by atoms with E-state index in [0.717, 1.165) is 6.26 Å². The Balaban J connectivity index is 2.99. The van der Waals surface area contributed by atoms with Gasteiger partial charge in [0.2, 0.25) is 0 Å². The summed E-state index contributed by atoms with van der Waals surface area (Å²) in [4.78, 5) is 21.4. The summed E-state index contributed by atoms with van der Waals surface area (Å²) < 4.78 is 4.59. The Morgan fingerprint density at radius 1 is 1.33 bits per heavy atom. The van der Waals surface area contributed by atoms with Gasteiger partial charge >= 0.3 is 5.63 Å². The Bertz CT molecular complexity index is 605. The average Bonchev–Trinajstić information content (AvgIpc) is 2.18. The average molecular weight is 226 g/mol. The minimum Gasteiger partial charge on any atom is -0.431 e. The monoisotopic (exact) mass is 225 g/mol. The second-order valence-electron chi connectivity index (χ2n) is 2.85. The van der Waals surface area contributed by atoms with Gasteiger partial charge in [0.05, 0.1) is 22.0 Å². The molecule has 6 heteroatoms. The zero-order chi connectivity index (χ0) is 11.0. The molecule has 0 aliphatic rings. The SMILES string of the molecule is O=c1occc2c([N+](=O)[O-])cc(Cl)cc12. The molecule has 0 spiro atoms. The van der Waals surface area contributed by atoms with Crippen molar-refractivity contribution in [2.24, 2.45) is 0 Å². The summed E-state index contributed by atoms with van der Waals surface area (Å²) in [6.45, 7) is 0. The first-order valence-corrected chi connectivity index (χ1v) is 4.33. The fraction of sp³-hybridized carbons (Fsp3) is 0. The zero-order valence-corrected chi connectivity index (χ0v) is 8.02. The lowest BCUT2D eigenvalue weighted by atomic mass is 10.1. The molecule has 5 nitrogen and oxygen atoms in total. The highest BCUT2D eigenvalue weighted by Gasteiger charge is 2.15. The Labute approximate surface area is 88.0 Å². The lowest BCUT2D eigenvalue weighted by Crippen LogP contribution is -2.00. The standard InChI is InChI=1S/C9H4ClNO4/c10-5-3-7-6(1-2-15-9(7)12)8(4-5)11(13)14/h1-4H. The van der Waals surface area contributed by atoms with Crippen molar-refractivity contribution in [1.82, 2.24) is 0 Å². The summed E-state index contributed by atoms with van der Waals surface area (Å²) in [7, 11) is 0. The van der Waals surface area contributed by atoms with Crippen molar-refractivity contribution < 1.29 is 9.34 Å². The predicted molar refractivity (Wildman–Crippen MR) is 54.1 cm³/mol. The molecule has 0 aliphatic heterocycles. The van der Waals surface area contributed by atoms with E-state index in [4.69, 9.17) is 11.6 Å². The van der Waals surface area contributed by atoms with Crippen molar-refractivity contribution in [3.05, 3.63) is 50.0 Å². The lowest BCUT2D eigenvalue weighted by molar-refractivity contribution is -0.383. The first kappa shape index (κ1) is 9.67. The molecule has 0 fully saturated rings. The van der Waals surface area contributed by atoms with Crippen LogP contribution in [0.3, 0.4) is 0 Å². The Kier molecular flexibility index (Phi) is 2.17. The van der Waals surface area contributed by atoms with Crippen molar-refractivity contribution in [3.8, 4) is 0 Å². The summed E-state index contributed by atoms with van der Waals surface area (Å²) in [5.74, 6) is 0. The van der Waals surface area contributed by atoms with E-state index in [1.54, 1.807) is 0 Å². The predicted octanol–water partition coefficient (Wildman–Crippen LogP) is 2.35. The van der Waals surface area contributed by atoms with Crippen molar-refractivity contribution in [1.29, 1.82) is 0 Å². The Morgan fingerprint density at radius 2 is 2.07 bits per heavy atom. The van der Waals surface area contributed by atoms with Gasteiger partial charge in [0.15, 0.2) is 0 Å². The number of non-ortho nitro benzene ring substituents is 1. The molecule has 1 aromatic carbocycles. The van der Waals surface area contributed by atoms with Crippen LogP contribution in [0.15, 0.2) is 33.7 Å². The van der Waals surface area contributed by atoms with E-state index in [0.29, 0.717) is 0 Å². The molecule has 0 saturated heterocycles. The first-order valence-electron chi connectivity index (χ1n) is 3.95. The van der Waals surface area contributed by atoms with Gasteiger partial charge in [-0.15, -0.1) is 0 Å². The van der Waals surface area contributed by atoms with E-state index in [1.807, 2.05) is 0 Å². The Hall–Kier alpha value is -1.88. The molecule has 0 aliphatic carbocycles. The Morgan fingerprint density at radius 3 is 2.73 bits per heavy atom. The molecule has 0 bridgehead atoms. The van der Waals surface area contributed by atoms with Gasteiger partial charge in [-0.05, 0) is 12.1 Å². The number of halogens is 1. The molecule has 0 atom stereocenters. The lowest BCUT2D eigenvalue weighted by Gasteiger charge is -1.98. The summed E-state index contributed by atoms with van der Waals surface area (Å²) in [5.41, 5.74) is -0.844. The van der Waals surface area contributed by atoms with Gasteiger partial charge in [0, 0.05) is 11.1 Å². The van der Waals surface area contributed by atoms with E-state index in [9.17, 15) is 14.9 Å². The molecule has 0 saturated carbocycles. The molecule has 2 rings (SSSR count). The second-order valence-corrected chi connectivity index (χ2v) is 3.29. The summed E-state index contributed by atoms with van der Waals surface area (Å²) >= 11 is 5.65. The van der Waals surface area contributed by atoms with Gasteiger partial charge < -0.3 is 4.42 Å². The summed E-state index contributed by atoms with van der Waals surface area (Å²) in [6.07, 6.45) is 1.12. The summed E-state index contributed by atoms with van der Waals surface area (Å²) in [6, 6.07) is 3.91. The zero-order valence-electron chi connectivity index (χ0n) is 7.27. The van der Waals surface area contributed by atoms with Crippen molar-refractivity contribution in [2.45, 2.75) is 0 Å². The van der Waals surface area contributed by atoms with Crippen LogP contribution in [-0.2, 0) is 0 Å². The molecule has 2 aromatic rings. The van der Waals surface area contributed by atoms with E-state index in [1.165, 1.54) is 18.2 Å². The van der Waals surface area contributed by atoms with Gasteiger partial charge in [-0.1, -0.05) is 11.6 Å². The number of hydrogen-bond acceptors (Lipinski definition) is 4. The van der Waals surface area contributed by atoms with Crippen LogP contribution in [0.5, 0.6) is 0 Å². The minimum absolute atomic E-state index is 0.108. The van der Waals surface area contributed by atoms with E-state index < -0.39 is 10.5 Å². The second kappa shape index (κ2) is 3.36. The van der Waals surface area contributed by atoms with E-state index in [2.05, 4.69) is 4.42 Å². The number of nitro groups is 1. The maximum absolute atomic E-state index is 11.3. The van der Waals surface area contributed by atoms with Gasteiger partial charge in [-0.2, -0.15) is 0 Å². The fourth-order valence-corrected chi connectivity index (χ4v) is 1.54. The molecule has 15 heavy (non-hydrogen) atoms. The third kappa shape index (κ3) is 1.57. The first-order chi connectivity index (χ1) is 7.09. The van der Waals surface area contributed by atoms with Crippen LogP contribution in [0.25, 0.3) is 10.8 Å². The van der Waals surface area contributed by atoms with Crippen LogP contribution in [0.2, 0.25) is 5.02 Å². The quantitative estimate of drug-likeness (QED) is 0.552. The van der Waals surface area contributed by atoms with Crippen molar-refractivity contribution in [3.63, 3.8) is 0 Å². The molecule has 1 heterocycles. The van der Waals surface area contributed by atoms with Crippen LogP contribution < -0.4 is 5.63 Å². The topological polar surface area (TPSA) is 73.3 Å². The molecular formula is C9H4ClNO4. The van der Waals surface area contributed by atoms with Crippen molar-refractivity contribution in [2.75, 3.05) is 0 Å². The highest BCUT2D eigenvalue weighted by molar-refractivity contribution is 6.31. The third-order valence-corrected chi connectivity index (χ3v) is 2.17. The number of hydrogen-bond donors (Lipinski definition) is 0. The maximum atomic E-state index is 11.3. The van der Waals surface area contributed by atoms with Gasteiger partial charge in [0.1, 0.15) is 0 Å². The number of benzene rings is 1.